The monoisotopic (exact) mass is 273 g/mol. The van der Waals surface area contributed by atoms with Gasteiger partial charge in [0.05, 0.1) is 12.0 Å². The van der Waals surface area contributed by atoms with E-state index in [9.17, 15) is 0 Å². The molecule has 20 heavy (non-hydrogen) atoms. The molecule has 3 nitrogen and oxygen atoms in total. The summed E-state index contributed by atoms with van der Waals surface area (Å²) in [4.78, 5) is 2.19. The Balaban J connectivity index is 2.94. The molecule has 1 aromatic carbocycles. The molecule has 0 amide bonds. The number of nitriles is 1. The van der Waals surface area contributed by atoms with E-state index in [1.54, 1.807) is 0 Å². The fraction of sp³-hybridized carbons (Fsp3) is 0.588. The second kappa shape index (κ2) is 8.60. The summed E-state index contributed by atoms with van der Waals surface area (Å²) >= 11 is 0. The van der Waals surface area contributed by atoms with Gasteiger partial charge in [0, 0.05) is 25.3 Å². The van der Waals surface area contributed by atoms with E-state index in [4.69, 9.17) is 5.26 Å². The number of anilines is 1. The van der Waals surface area contributed by atoms with Crippen molar-refractivity contribution in [2.75, 3.05) is 25.0 Å². The molecular weight excluding hydrogens is 246 g/mol. The summed E-state index contributed by atoms with van der Waals surface area (Å²) in [5.74, 6) is 0.0386. The van der Waals surface area contributed by atoms with Crippen LogP contribution in [0.15, 0.2) is 24.3 Å². The number of nitrogens with zero attached hydrogens (tertiary/aromatic N) is 2. The Morgan fingerprint density at radius 3 is 2.60 bits per heavy atom. The number of hydrogen-bond acceptors (Lipinski definition) is 3. The molecule has 0 bridgehead atoms. The van der Waals surface area contributed by atoms with Crippen molar-refractivity contribution in [3.8, 4) is 6.07 Å². The van der Waals surface area contributed by atoms with Crippen LogP contribution in [0.5, 0.6) is 0 Å². The summed E-state index contributed by atoms with van der Waals surface area (Å²) in [6, 6.07) is 11.2. The quantitative estimate of drug-likeness (QED) is 0.784. The third-order valence-electron chi connectivity index (χ3n) is 3.54. The van der Waals surface area contributed by atoms with Gasteiger partial charge >= 0.3 is 0 Å². The Morgan fingerprint density at radius 2 is 2.00 bits per heavy atom. The molecule has 2 atom stereocenters. The standard InChI is InChI=1S/C17H27N3/c1-5-11-19-16(6-2)15-9-7-8-10-17(15)20(4)13-14(3)12-18/h7-10,14,16,19H,5-6,11,13H2,1-4H3. The Hall–Kier alpha value is -1.53. The summed E-state index contributed by atoms with van der Waals surface area (Å²) in [5, 5.41) is 12.6. The fourth-order valence-corrected chi connectivity index (χ4v) is 2.47. The molecule has 0 aliphatic heterocycles. The van der Waals surface area contributed by atoms with Gasteiger partial charge in [0.2, 0.25) is 0 Å². The predicted octanol–water partition coefficient (Wildman–Crippen LogP) is 3.73. The van der Waals surface area contributed by atoms with E-state index in [1.165, 1.54) is 11.3 Å². The maximum atomic E-state index is 8.98. The minimum absolute atomic E-state index is 0.0386. The van der Waals surface area contributed by atoms with Gasteiger partial charge in [-0.05, 0) is 37.9 Å². The molecule has 0 saturated heterocycles. The van der Waals surface area contributed by atoms with Crippen molar-refractivity contribution >= 4 is 5.69 Å². The molecule has 1 rings (SSSR count). The Morgan fingerprint density at radius 1 is 1.30 bits per heavy atom. The molecule has 0 heterocycles. The lowest BCUT2D eigenvalue weighted by atomic mass is 10.0. The van der Waals surface area contributed by atoms with Crippen molar-refractivity contribution in [1.82, 2.24) is 5.32 Å². The average Bonchev–Trinajstić information content (AvgIpc) is 2.48. The molecule has 1 N–H and O–H groups in total. The molecule has 0 radical (unpaired) electrons. The van der Waals surface area contributed by atoms with Gasteiger partial charge in [-0.1, -0.05) is 32.0 Å². The van der Waals surface area contributed by atoms with E-state index >= 15 is 0 Å². The van der Waals surface area contributed by atoms with E-state index in [0.29, 0.717) is 6.04 Å². The minimum Gasteiger partial charge on any atom is -0.373 e. The first kappa shape index (κ1) is 16.5. The average molecular weight is 273 g/mol. The normalized spacial score (nSPS) is 13.6. The third kappa shape index (κ3) is 4.54. The maximum absolute atomic E-state index is 8.98. The van der Waals surface area contributed by atoms with Crippen molar-refractivity contribution in [3.05, 3.63) is 29.8 Å². The van der Waals surface area contributed by atoms with Crippen LogP contribution in [-0.2, 0) is 0 Å². The van der Waals surface area contributed by atoms with Crippen molar-refractivity contribution in [2.24, 2.45) is 5.92 Å². The van der Waals surface area contributed by atoms with Crippen LogP contribution in [0.3, 0.4) is 0 Å². The highest BCUT2D eigenvalue weighted by Crippen LogP contribution is 2.28. The second-order valence-corrected chi connectivity index (χ2v) is 5.38. The summed E-state index contributed by atoms with van der Waals surface area (Å²) in [7, 11) is 2.07. The molecule has 0 fully saturated rings. The number of nitrogens with one attached hydrogen (secondary N) is 1. The van der Waals surface area contributed by atoms with Crippen LogP contribution in [0.25, 0.3) is 0 Å². The molecule has 0 spiro atoms. The largest absolute Gasteiger partial charge is 0.373 e. The van der Waals surface area contributed by atoms with Gasteiger partial charge in [0.1, 0.15) is 0 Å². The van der Waals surface area contributed by atoms with Crippen molar-refractivity contribution in [3.63, 3.8) is 0 Å². The van der Waals surface area contributed by atoms with Gasteiger partial charge in [-0.2, -0.15) is 5.26 Å². The van der Waals surface area contributed by atoms with Gasteiger partial charge in [0.25, 0.3) is 0 Å². The molecule has 0 aromatic heterocycles. The highest BCUT2D eigenvalue weighted by Gasteiger charge is 2.16. The maximum Gasteiger partial charge on any atom is 0.0671 e. The topological polar surface area (TPSA) is 39.1 Å². The van der Waals surface area contributed by atoms with E-state index in [0.717, 1.165) is 25.9 Å². The number of hydrogen-bond donors (Lipinski definition) is 1. The number of benzene rings is 1. The van der Waals surface area contributed by atoms with Crippen LogP contribution < -0.4 is 10.2 Å². The smallest absolute Gasteiger partial charge is 0.0671 e. The number of para-hydroxylation sites is 1. The van der Waals surface area contributed by atoms with E-state index in [2.05, 4.69) is 61.4 Å². The first-order valence-electron chi connectivity index (χ1n) is 7.57. The first-order valence-corrected chi connectivity index (χ1v) is 7.57. The molecule has 1 aromatic rings. The molecule has 3 heteroatoms. The van der Waals surface area contributed by atoms with Crippen LogP contribution in [0.2, 0.25) is 0 Å². The zero-order valence-electron chi connectivity index (χ0n) is 13.2. The molecule has 0 aliphatic carbocycles. The first-order chi connectivity index (χ1) is 9.63. The zero-order valence-corrected chi connectivity index (χ0v) is 13.2. The summed E-state index contributed by atoms with van der Waals surface area (Å²) in [5.41, 5.74) is 2.56. The molecule has 0 saturated carbocycles. The van der Waals surface area contributed by atoms with E-state index < -0.39 is 0 Å². The molecule has 110 valence electrons. The summed E-state index contributed by atoms with van der Waals surface area (Å²) in [6.07, 6.45) is 2.21. The molecule has 0 aliphatic rings. The van der Waals surface area contributed by atoms with Gasteiger partial charge in [-0.15, -0.1) is 0 Å². The predicted molar refractivity (Wildman–Crippen MR) is 85.8 cm³/mol. The number of rotatable bonds is 8. The van der Waals surface area contributed by atoms with Gasteiger partial charge in [0.15, 0.2) is 0 Å². The molecule has 2 unspecified atom stereocenters. The lowest BCUT2D eigenvalue weighted by Gasteiger charge is -2.27. The van der Waals surface area contributed by atoms with Crippen LogP contribution in [0.4, 0.5) is 5.69 Å². The lowest BCUT2D eigenvalue weighted by molar-refractivity contribution is 0.517. The van der Waals surface area contributed by atoms with Crippen molar-refractivity contribution in [2.45, 2.75) is 39.7 Å². The molecular formula is C17H27N3. The highest BCUT2D eigenvalue weighted by molar-refractivity contribution is 5.54. The van der Waals surface area contributed by atoms with Gasteiger partial charge in [-0.25, -0.2) is 0 Å². The van der Waals surface area contributed by atoms with Crippen molar-refractivity contribution < 1.29 is 0 Å². The van der Waals surface area contributed by atoms with Crippen LogP contribution >= 0.6 is 0 Å². The SMILES string of the molecule is CCCNC(CC)c1ccccc1N(C)CC(C)C#N. The van der Waals surface area contributed by atoms with Gasteiger partial charge < -0.3 is 10.2 Å². The summed E-state index contributed by atoms with van der Waals surface area (Å²) < 4.78 is 0. The van der Waals surface area contributed by atoms with E-state index in [-0.39, 0.29) is 5.92 Å². The lowest BCUT2D eigenvalue weighted by Crippen LogP contribution is -2.27. The summed E-state index contributed by atoms with van der Waals surface area (Å²) in [6.45, 7) is 8.16. The Kier molecular flexibility index (Phi) is 7.11. The van der Waals surface area contributed by atoms with Crippen LogP contribution in [0, 0.1) is 17.2 Å². The van der Waals surface area contributed by atoms with Gasteiger partial charge in [-0.3, -0.25) is 0 Å². The van der Waals surface area contributed by atoms with Crippen LogP contribution in [0.1, 0.15) is 45.2 Å². The Bertz CT molecular complexity index is 436. The van der Waals surface area contributed by atoms with Crippen LogP contribution in [-0.4, -0.2) is 20.1 Å². The Labute approximate surface area is 123 Å². The highest BCUT2D eigenvalue weighted by atomic mass is 15.1. The van der Waals surface area contributed by atoms with Crippen molar-refractivity contribution in [1.29, 1.82) is 5.26 Å². The second-order valence-electron chi connectivity index (χ2n) is 5.38. The zero-order chi connectivity index (χ0) is 15.0. The van der Waals surface area contributed by atoms with E-state index in [1.807, 2.05) is 6.92 Å². The fourth-order valence-electron chi connectivity index (χ4n) is 2.47. The third-order valence-corrected chi connectivity index (χ3v) is 3.54. The minimum atomic E-state index is 0.0386.